The summed E-state index contributed by atoms with van der Waals surface area (Å²) in [6.07, 6.45) is 3.90. The van der Waals surface area contributed by atoms with Crippen LogP contribution in [0, 0.1) is 11.3 Å². The Morgan fingerprint density at radius 2 is 2.50 bits per heavy atom. The van der Waals surface area contributed by atoms with Gasteiger partial charge in [-0.3, -0.25) is 4.79 Å². The lowest BCUT2D eigenvalue weighted by Crippen LogP contribution is -1.97. The van der Waals surface area contributed by atoms with Gasteiger partial charge in [0.25, 0.3) is 0 Å². The number of methoxy groups -OCH3 is 1. The van der Waals surface area contributed by atoms with Gasteiger partial charge in [-0.15, -0.1) is 0 Å². The van der Waals surface area contributed by atoms with Crippen molar-refractivity contribution in [2.75, 3.05) is 7.11 Å². The standard InChI is InChI=1S/C7H9NO2/c1-10-7(9)5-3-2-4-6-8/h2,4H,3,5H2,1H3. The number of nitriles is 1. The highest BCUT2D eigenvalue weighted by Crippen LogP contribution is 1.91. The van der Waals surface area contributed by atoms with E-state index in [1.807, 2.05) is 6.07 Å². The van der Waals surface area contributed by atoms with E-state index in [4.69, 9.17) is 5.26 Å². The zero-order valence-corrected chi connectivity index (χ0v) is 5.83. The van der Waals surface area contributed by atoms with E-state index < -0.39 is 0 Å². The molecule has 0 spiro atoms. The summed E-state index contributed by atoms with van der Waals surface area (Å²) in [5.41, 5.74) is 0. The number of esters is 1. The van der Waals surface area contributed by atoms with Crippen LogP contribution in [0.25, 0.3) is 0 Å². The fraction of sp³-hybridized carbons (Fsp3) is 0.429. The molecule has 0 rings (SSSR count). The van der Waals surface area contributed by atoms with E-state index in [0.29, 0.717) is 12.8 Å². The molecule has 0 saturated heterocycles. The highest BCUT2D eigenvalue weighted by atomic mass is 16.5. The number of rotatable bonds is 3. The van der Waals surface area contributed by atoms with E-state index in [1.54, 1.807) is 6.08 Å². The Morgan fingerprint density at radius 1 is 1.80 bits per heavy atom. The van der Waals surface area contributed by atoms with E-state index in [2.05, 4.69) is 4.74 Å². The van der Waals surface area contributed by atoms with E-state index in [9.17, 15) is 4.79 Å². The predicted molar refractivity (Wildman–Crippen MR) is 36.0 cm³/mol. The molecular weight excluding hydrogens is 130 g/mol. The summed E-state index contributed by atoms with van der Waals surface area (Å²) in [6, 6.07) is 1.83. The van der Waals surface area contributed by atoms with Gasteiger partial charge in [0.1, 0.15) is 0 Å². The first-order chi connectivity index (χ1) is 4.81. The minimum Gasteiger partial charge on any atom is -0.469 e. The Balaban J connectivity index is 3.30. The molecule has 10 heavy (non-hydrogen) atoms. The van der Waals surface area contributed by atoms with Crippen molar-refractivity contribution in [2.24, 2.45) is 0 Å². The summed E-state index contributed by atoms with van der Waals surface area (Å²) in [5.74, 6) is -0.248. The first-order valence-electron chi connectivity index (χ1n) is 2.92. The molecule has 0 aliphatic heterocycles. The lowest BCUT2D eigenvalue weighted by atomic mass is 10.3. The van der Waals surface area contributed by atoms with Crippen LogP contribution in [0.15, 0.2) is 12.2 Å². The van der Waals surface area contributed by atoms with Gasteiger partial charge in [0.2, 0.25) is 0 Å². The normalized spacial score (nSPS) is 9.20. The monoisotopic (exact) mass is 139 g/mol. The number of carbonyl (C=O) groups is 1. The molecule has 3 heteroatoms. The van der Waals surface area contributed by atoms with E-state index in [-0.39, 0.29) is 5.97 Å². The van der Waals surface area contributed by atoms with Crippen molar-refractivity contribution < 1.29 is 9.53 Å². The van der Waals surface area contributed by atoms with Crippen LogP contribution in [0.4, 0.5) is 0 Å². The quantitative estimate of drug-likeness (QED) is 0.433. The van der Waals surface area contributed by atoms with Crippen molar-refractivity contribution in [2.45, 2.75) is 12.8 Å². The van der Waals surface area contributed by atoms with Crippen molar-refractivity contribution in [3.8, 4) is 6.07 Å². The fourth-order valence-electron chi connectivity index (χ4n) is 0.439. The molecule has 0 saturated carbocycles. The molecule has 0 aliphatic rings. The van der Waals surface area contributed by atoms with Crippen LogP contribution in [0.2, 0.25) is 0 Å². The summed E-state index contributed by atoms with van der Waals surface area (Å²) in [7, 11) is 1.34. The number of hydrogen-bond donors (Lipinski definition) is 0. The van der Waals surface area contributed by atoms with Gasteiger partial charge in [-0.05, 0) is 6.42 Å². The Kier molecular flexibility index (Phi) is 5.07. The Morgan fingerprint density at radius 3 is 3.00 bits per heavy atom. The van der Waals surface area contributed by atoms with Crippen LogP contribution in [0.5, 0.6) is 0 Å². The van der Waals surface area contributed by atoms with Gasteiger partial charge in [-0.2, -0.15) is 5.26 Å². The molecule has 0 radical (unpaired) electrons. The third kappa shape index (κ3) is 4.85. The van der Waals surface area contributed by atoms with Gasteiger partial charge < -0.3 is 4.74 Å². The highest BCUT2D eigenvalue weighted by molar-refractivity contribution is 5.69. The molecule has 0 unspecified atom stereocenters. The molecule has 0 N–H and O–H groups in total. The average molecular weight is 139 g/mol. The Bertz CT molecular complexity index is 167. The minimum atomic E-state index is -0.248. The molecule has 0 heterocycles. The van der Waals surface area contributed by atoms with Crippen LogP contribution >= 0.6 is 0 Å². The minimum absolute atomic E-state index is 0.248. The fourth-order valence-corrected chi connectivity index (χ4v) is 0.439. The molecule has 0 amide bonds. The Labute approximate surface area is 59.9 Å². The number of nitrogens with zero attached hydrogens (tertiary/aromatic N) is 1. The molecule has 0 aromatic heterocycles. The molecular formula is C7H9NO2. The molecule has 0 aromatic carbocycles. The molecule has 0 atom stereocenters. The highest BCUT2D eigenvalue weighted by Gasteiger charge is 1.94. The summed E-state index contributed by atoms with van der Waals surface area (Å²) in [4.78, 5) is 10.4. The predicted octanol–water partition coefficient (Wildman–Crippen LogP) is 1.02. The second kappa shape index (κ2) is 5.83. The Hall–Kier alpha value is -1.30. The van der Waals surface area contributed by atoms with E-state index in [0.717, 1.165) is 0 Å². The second-order valence-corrected chi connectivity index (χ2v) is 1.65. The van der Waals surface area contributed by atoms with Crippen LogP contribution in [-0.2, 0) is 9.53 Å². The zero-order chi connectivity index (χ0) is 7.82. The molecule has 0 bridgehead atoms. The summed E-state index contributed by atoms with van der Waals surface area (Å²) in [5, 5.41) is 8.04. The van der Waals surface area contributed by atoms with E-state index >= 15 is 0 Å². The molecule has 0 fully saturated rings. The van der Waals surface area contributed by atoms with Crippen molar-refractivity contribution in [3.05, 3.63) is 12.2 Å². The van der Waals surface area contributed by atoms with Gasteiger partial charge >= 0.3 is 5.97 Å². The first-order valence-corrected chi connectivity index (χ1v) is 2.92. The van der Waals surface area contributed by atoms with Gasteiger partial charge in [-0.1, -0.05) is 6.08 Å². The van der Waals surface area contributed by atoms with Crippen molar-refractivity contribution >= 4 is 5.97 Å². The number of carbonyl (C=O) groups excluding carboxylic acids is 1. The van der Waals surface area contributed by atoms with Gasteiger partial charge in [0.15, 0.2) is 0 Å². The van der Waals surface area contributed by atoms with Crippen LogP contribution in [0.3, 0.4) is 0 Å². The topological polar surface area (TPSA) is 50.1 Å². The molecule has 3 nitrogen and oxygen atoms in total. The third-order valence-corrected chi connectivity index (χ3v) is 0.935. The SMILES string of the molecule is COC(=O)CCC=CC#N. The van der Waals surface area contributed by atoms with Crippen molar-refractivity contribution in [3.63, 3.8) is 0 Å². The average Bonchev–Trinajstić information content (AvgIpc) is 1.98. The number of hydrogen-bond acceptors (Lipinski definition) is 3. The van der Waals surface area contributed by atoms with Crippen LogP contribution in [-0.4, -0.2) is 13.1 Å². The lowest BCUT2D eigenvalue weighted by Gasteiger charge is -1.92. The number of ether oxygens (including phenoxy) is 1. The molecule has 0 aliphatic carbocycles. The number of allylic oxidation sites excluding steroid dienone is 2. The van der Waals surface area contributed by atoms with Crippen molar-refractivity contribution in [1.29, 1.82) is 5.26 Å². The van der Waals surface area contributed by atoms with Crippen LogP contribution < -0.4 is 0 Å². The first kappa shape index (κ1) is 8.70. The maximum absolute atomic E-state index is 10.4. The maximum atomic E-state index is 10.4. The summed E-state index contributed by atoms with van der Waals surface area (Å²) < 4.78 is 4.37. The zero-order valence-electron chi connectivity index (χ0n) is 5.83. The lowest BCUT2D eigenvalue weighted by molar-refractivity contribution is -0.140. The van der Waals surface area contributed by atoms with Crippen molar-refractivity contribution in [1.82, 2.24) is 0 Å². The van der Waals surface area contributed by atoms with Crippen LogP contribution in [0.1, 0.15) is 12.8 Å². The van der Waals surface area contributed by atoms with Gasteiger partial charge in [0.05, 0.1) is 13.2 Å². The largest absolute Gasteiger partial charge is 0.469 e. The third-order valence-electron chi connectivity index (χ3n) is 0.935. The molecule has 54 valence electrons. The van der Waals surface area contributed by atoms with E-state index in [1.165, 1.54) is 13.2 Å². The van der Waals surface area contributed by atoms with Gasteiger partial charge in [-0.25, -0.2) is 0 Å². The van der Waals surface area contributed by atoms with Gasteiger partial charge in [0, 0.05) is 12.5 Å². The maximum Gasteiger partial charge on any atom is 0.305 e. The smallest absolute Gasteiger partial charge is 0.305 e. The molecule has 0 aromatic rings. The summed E-state index contributed by atoms with van der Waals surface area (Å²) in [6.45, 7) is 0. The second-order valence-electron chi connectivity index (χ2n) is 1.65. The summed E-state index contributed by atoms with van der Waals surface area (Å²) >= 11 is 0.